The third-order valence-electron chi connectivity index (χ3n) is 3.08. The van der Waals surface area contributed by atoms with Crippen molar-refractivity contribution in [3.8, 4) is 0 Å². The summed E-state index contributed by atoms with van der Waals surface area (Å²) in [5, 5.41) is 2.74. The number of hydrogen-bond acceptors (Lipinski definition) is 3. The summed E-state index contributed by atoms with van der Waals surface area (Å²) in [4.78, 5) is 23.2. The molecule has 5 heteroatoms. The Hall–Kier alpha value is -2.66. The molecule has 1 atom stereocenters. The van der Waals surface area contributed by atoms with Crippen molar-refractivity contribution in [2.45, 2.75) is 12.5 Å². The van der Waals surface area contributed by atoms with Crippen LogP contribution in [0.25, 0.3) is 0 Å². The fraction of sp³-hybridized carbons (Fsp3) is 0.125. The zero-order valence-corrected chi connectivity index (χ0v) is 11.5. The molecule has 2 aromatic carbocycles. The molecule has 2 aromatic rings. The lowest BCUT2D eigenvalue weighted by Gasteiger charge is -2.14. The van der Waals surface area contributed by atoms with Gasteiger partial charge in [0.15, 0.2) is 0 Å². The predicted molar refractivity (Wildman–Crippen MR) is 81.3 cm³/mol. The van der Waals surface area contributed by atoms with Crippen molar-refractivity contribution < 1.29 is 9.59 Å². The highest BCUT2D eigenvalue weighted by Gasteiger charge is 2.17. The number of anilines is 1. The molecule has 0 aromatic heterocycles. The van der Waals surface area contributed by atoms with Gasteiger partial charge in [0, 0.05) is 5.69 Å². The Kier molecular flexibility index (Phi) is 4.68. The minimum Gasteiger partial charge on any atom is -0.369 e. The van der Waals surface area contributed by atoms with E-state index in [-0.39, 0.29) is 12.3 Å². The summed E-state index contributed by atoms with van der Waals surface area (Å²) < 4.78 is 0. The van der Waals surface area contributed by atoms with Gasteiger partial charge in [0.2, 0.25) is 11.8 Å². The van der Waals surface area contributed by atoms with Gasteiger partial charge in [-0.25, -0.2) is 0 Å². The molecule has 0 saturated heterocycles. The molecule has 0 aliphatic carbocycles. The molecule has 0 aliphatic heterocycles. The Morgan fingerprint density at radius 2 is 1.62 bits per heavy atom. The normalized spacial score (nSPS) is 11.7. The first kappa shape index (κ1) is 14.7. The minimum absolute atomic E-state index is 0.0665. The number of nitrogens with one attached hydrogen (secondary N) is 1. The summed E-state index contributed by atoms with van der Waals surface area (Å²) in [6.07, 6.45) is 0.0665. The molecule has 2 amide bonds. The van der Waals surface area contributed by atoms with Gasteiger partial charge in [0.05, 0.1) is 6.42 Å². The zero-order valence-electron chi connectivity index (χ0n) is 11.5. The molecule has 0 spiro atoms. The molecule has 0 unspecified atom stereocenters. The number of rotatable bonds is 5. The maximum atomic E-state index is 12.2. The average Bonchev–Trinajstić information content (AvgIpc) is 2.49. The van der Waals surface area contributed by atoms with Crippen LogP contribution in [0.15, 0.2) is 54.6 Å². The molecule has 0 bridgehead atoms. The second-order valence-electron chi connectivity index (χ2n) is 4.68. The summed E-state index contributed by atoms with van der Waals surface area (Å²) >= 11 is 0. The van der Waals surface area contributed by atoms with E-state index in [1.807, 2.05) is 18.2 Å². The average molecular weight is 283 g/mol. The van der Waals surface area contributed by atoms with Gasteiger partial charge in [-0.05, 0) is 17.2 Å². The predicted octanol–water partition coefficient (Wildman–Crippen LogP) is 1.35. The molecular formula is C16H17N3O2. The Morgan fingerprint density at radius 1 is 1.00 bits per heavy atom. The monoisotopic (exact) mass is 283 g/mol. The van der Waals surface area contributed by atoms with Crippen molar-refractivity contribution in [1.29, 1.82) is 0 Å². The van der Waals surface area contributed by atoms with Gasteiger partial charge in [0.25, 0.3) is 0 Å². The van der Waals surface area contributed by atoms with Crippen LogP contribution in [-0.2, 0) is 16.0 Å². The second kappa shape index (κ2) is 6.67. The summed E-state index contributed by atoms with van der Waals surface area (Å²) in [6, 6.07) is 15.3. The van der Waals surface area contributed by atoms with Crippen LogP contribution >= 0.6 is 0 Å². The topological polar surface area (TPSA) is 98.2 Å². The van der Waals surface area contributed by atoms with Crippen LogP contribution in [0.2, 0.25) is 0 Å². The van der Waals surface area contributed by atoms with Crippen LogP contribution < -0.4 is 16.8 Å². The van der Waals surface area contributed by atoms with Gasteiger partial charge < -0.3 is 16.8 Å². The molecule has 0 radical (unpaired) electrons. The van der Waals surface area contributed by atoms with Crippen molar-refractivity contribution in [3.05, 3.63) is 65.7 Å². The molecular weight excluding hydrogens is 266 g/mol. The molecule has 2 rings (SSSR count). The molecule has 108 valence electrons. The molecule has 0 saturated carbocycles. The maximum Gasteiger partial charge on any atom is 0.245 e. The number of primary amides is 1. The number of benzene rings is 2. The standard InChI is InChI=1S/C16H17N3O2/c17-14(20)10-12-8-4-5-9-13(12)19-16(21)15(18)11-6-2-1-3-7-11/h1-9,15H,10,18H2,(H2,17,20)(H,19,21)/t15-/m1/s1. The van der Waals surface area contributed by atoms with E-state index in [1.165, 1.54) is 0 Å². The number of para-hydroxylation sites is 1. The van der Waals surface area contributed by atoms with Crippen LogP contribution in [-0.4, -0.2) is 11.8 Å². The first-order valence-corrected chi connectivity index (χ1v) is 6.55. The highest BCUT2D eigenvalue weighted by Crippen LogP contribution is 2.18. The highest BCUT2D eigenvalue weighted by atomic mass is 16.2. The van der Waals surface area contributed by atoms with Crippen molar-refractivity contribution >= 4 is 17.5 Å². The number of carbonyl (C=O) groups excluding carboxylic acids is 2. The van der Waals surface area contributed by atoms with E-state index in [9.17, 15) is 9.59 Å². The van der Waals surface area contributed by atoms with E-state index >= 15 is 0 Å². The third-order valence-corrected chi connectivity index (χ3v) is 3.08. The fourth-order valence-electron chi connectivity index (χ4n) is 2.01. The first-order valence-electron chi connectivity index (χ1n) is 6.55. The van der Waals surface area contributed by atoms with E-state index in [1.54, 1.807) is 36.4 Å². The van der Waals surface area contributed by atoms with Crippen molar-refractivity contribution in [2.75, 3.05) is 5.32 Å². The lowest BCUT2D eigenvalue weighted by atomic mass is 10.1. The van der Waals surface area contributed by atoms with Gasteiger partial charge in [-0.3, -0.25) is 9.59 Å². The summed E-state index contributed by atoms with van der Waals surface area (Å²) in [6.45, 7) is 0. The maximum absolute atomic E-state index is 12.2. The van der Waals surface area contributed by atoms with Crippen LogP contribution in [0.3, 0.4) is 0 Å². The Bertz CT molecular complexity index is 641. The van der Waals surface area contributed by atoms with Gasteiger partial charge in [-0.1, -0.05) is 48.5 Å². The number of carbonyl (C=O) groups is 2. The number of nitrogens with two attached hydrogens (primary N) is 2. The summed E-state index contributed by atoms with van der Waals surface area (Å²) in [5.74, 6) is -0.790. The van der Waals surface area contributed by atoms with E-state index in [4.69, 9.17) is 11.5 Å². The van der Waals surface area contributed by atoms with Crippen LogP contribution in [0, 0.1) is 0 Å². The van der Waals surface area contributed by atoms with Crippen molar-refractivity contribution in [2.24, 2.45) is 11.5 Å². The van der Waals surface area contributed by atoms with Crippen molar-refractivity contribution in [3.63, 3.8) is 0 Å². The quantitative estimate of drug-likeness (QED) is 0.772. The van der Waals surface area contributed by atoms with Crippen molar-refractivity contribution in [1.82, 2.24) is 0 Å². The Balaban J connectivity index is 2.14. The summed E-state index contributed by atoms with van der Waals surface area (Å²) in [5.41, 5.74) is 13.1. The molecule has 0 fully saturated rings. The van der Waals surface area contributed by atoms with Crippen LogP contribution in [0.5, 0.6) is 0 Å². The molecule has 5 nitrogen and oxygen atoms in total. The number of hydrogen-bond donors (Lipinski definition) is 3. The van der Waals surface area contributed by atoms with Gasteiger partial charge in [-0.2, -0.15) is 0 Å². The van der Waals surface area contributed by atoms with E-state index < -0.39 is 11.9 Å². The third kappa shape index (κ3) is 3.90. The van der Waals surface area contributed by atoms with E-state index in [0.717, 1.165) is 5.56 Å². The van der Waals surface area contributed by atoms with Gasteiger partial charge >= 0.3 is 0 Å². The van der Waals surface area contributed by atoms with E-state index in [2.05, 4.69) is 5.32 Å². The molecule has 0 aliphatic rings. The van der Waals surface area contributed by atoms with Crippen LogP contribution in [0.4, 0.5) is 5.69 Å². The Morgan fingerprint density at radius 3 is 2.29 bits per heavy atom. The zero-order chi connectivity index (χ0) is 15.2. The van der Waals surface area contributed by atoms with Gasteiger partial charge in [-0.15, -0.1) is 0 Å². The first-order chi connectivity index (χ1) is 10.1. The minimum atomic E-state index is -0.771. The highest BCUT2D eigenvalue weighted by molar-refractivity contribution is 5.96. The number of amides is 2. The smallest absolute Gasteiger partial charge is 0.245 e. The second-order valence-corrected chi connectivity index (χ2v) is 4.68. The lowest BCUT2D eigenvalue weighted by Crippen LogP contribution is -2.28. The molecule has 5 N–H and O–H groups in total. The SMILES string of the molecule is NC(=O)Cc1ccccc1NC(=O)[C@H](N)c1ccccc1. The van der Waals surface area contributed by atoms with Crippen LogP contribution in [0.1, 0.15) is 17.2 Å². The molecule has 21 heavy (non-hydrogen) atoms. The molecule has 0 heterocycles. The summed E-state index contributed by atoms with van der Waals surface area (Å²) in [7, 11) is 0. The largest absolute Gasteiger partial charge is 0.369 e. The van der Waals surface area contributed by atoms with E-state index in [0.29, 0.717) is 11.3 Å². The van der Waals surface area contributed by atoms with Gasteiger partial charge in [0.1, 0.15) is 6.04 Å². The Labute approximate surface area is 123 Å². The fourth-order valence-corrected chi connectivity index (χ4v) is 2.01. The lowest BCUT2D eigenvalue weighted by molar-refractivity contribution is -0.118.